The van der Waals surface area contributed by atoms with E-state index in [4.69, 9.17) is 4.89 Å². The third kappa shape index (κ3) is 3.02. The first-order chi connectivity index (χ1) is 4.00. The zero-order valence-corrected chi connectivity index (χ0v) is 7.27. The Morgan fingerprint density at radius 2 is 2.00 bits per heavy atom. The third-order valence-electron chi connectivity index (χ3n) is 1.45. The van der Waals surface area contributed by atoms with Gasteiger partial charge >= 0.3 is 0 Å². The van der Waals surface area contributed by atoms with Gasteiger partial charge in [-0.3, -0.25) is 4.57 Å². The Hall–Kier alpha value is 0.190. The maximum Gasteiger partial charge on any atom is 0.194 e. The van der Waals surface area contributed by atoms with Crippen LogP contribution in [0.4, 0.5) is 0 Å². The molecule has 0 spiro atoms. The van der Waals surface area contributed by atoms with Crippen LogP contribution < -0.4 is 0 Å². The topological polar surface area (TPSA) is 37.3 Å². The van der Waals surface area contributed by atoms with E-state index in [0.29, 0.717) is 0 Å². The fraction of sp³-hybridized carbons (Fsp3) is 1.00. The maximum absolute atomic E-state index is 10.6. The van der Waals surface area contributed by atoms with Crippen molar-refractivity contribution < 1.29 is 9.46 Å². The molecule has 0 heterocycles. The first-order valence-electron chi connectivity index (χ1n) is 3.24. The highest BCUT2D eigenvalue weighted by Crippen LogP contribution is 2.37. The fourth-order valence-electron chi connectivity index (χ4n) is 0.732. The summed E-state index contributed by atoms with van der Waals surface area (Å²) in [5.41, 5.74) is 0. The molecular formula is C6H15O2P. The summed E-state index contributed by atoms with van der Waals surface area (Å²) in [5.74, 6) is 0. The minimum absolute atomic E-state index is 0.348. The van der Waals surface area contributed by atoms with E-state index in [-0.39, 0.29) is 5.16 Å². The van der Waals surface area contributed by atoms with Gasteiger partial charge in [0.1, 0.15) is 0 Å². The van der Waals surface area contributed by atoms with Gasteiger partial charge in [-0.05, 0) is 6.42 Å². The second kappa shape index (κ2) is 3.38. The van der Waals surface area contributed by atoms with E-state index in [9.17, 15) is 4.57 Å². The van der Waals surface area contributed by atoms with Crippen LogP contribution in [-0.2, 0) is 4.57 Å². The summed E-state index contributed by atoms with van der Waals surface area (Å²) in [6.07, 6.45) is 1.81. The highest BCUT2D eigenvalue weighted by atomic mass is 31.1. The molecule has 1 unspecified atom stereocenters. The summed E-state index contributed by atoms with van der Waals surface area (Å²) in [6.45, 7) is 5.68. The molecule has 1 N–H and O–H groups in total. The van der Waals surface area contributed by atoms with Crippen LogP contribution >= 0.6 is 8.03 Å². The van der Waals surface area contributed by atoms with Crippen LogP contribution in [-0.4, -0.2) is 10.0 Å². The molecule has 3 heteroatoms. The van der Waals surface area contributed by atoms with Crippen molar-refractivity contribution in [2.75, 3.05) is 0 Å². The zero-order valence-electron chi connectivity index (χ0n) is 6.27. The van der Waals surface area contributed by atoms with Crippen LogP contribution in [0.15, 0.2) is 0 Å². The SMILES string of the molecule is CCCC(C)(C)[PH](=O)O. The average molecular weight is 150 g/mol. The molecule has 0 aliphatic rings. The van der Waals surface area contributed by atoms with Gasteiger partial charge in [-0.15, -0.1) is 0 Å². The normalized spacial score (nSPS) is 15.6. The third-order valence-corrected chi connectivity index (χ3v) is 2.86. The fourth-order valence-corrected chi connectivity index (χ4v) is 1.20. The molecule has 0 rings (SSSR count). The second-order valence-electron chi connectivity index (χ2n) is 2.94. The van der Waals surface area contributed by atoms with Crippen molar-refractivity contribution in [2.45, 2.75) is 38.8 Å². The Balaban J connectivity index is 3.85. The lowest BCUT2D eigenvalue weighted by Crippen LogP contribution is -2.12. The summed E-state index contributed by atoms with van der Waals surface area (Å²) < 4.78 is 10.6. The largest absolute Gasteiger partial charge is 0.346 e. The van der Waals surface area contributed by atoms with Crippen LogP contribution in [0, 0.1) is 0 Å². The van der Waals surface area contributed by atoms with Crippen molar-refractivity contribution in [3.05, 3.63) is 0 Å². The monoisotopic (exact) mass is 150 g/mol. The van der Waals surface area contributed by atoms with Crippen LogP contribution in [0.1, 0.15) is 33.6 Å². The van der Waals surface area contributed by atoms with E-state index < -0.39 is 8.03 Å². The minimum Gasteiger partial charge on any atom is -0.346 e. The summed E-state index contributed by atoms with van der Waals surface area (Å²) in [7, 11) is -2.32. The predicted octanol–water partition coefficient (Wildman–Crippen LogP) is 2.03. The van der Waals surface area contributed by atoms with Gasteiger partial charge in [0.15, 0.2) is 8.03 Å². The number of rotatable bonds is 3. The Labute approximate surface area is 57.1 Å². The smallest absolute Gasteiger partial charge is 0.194 e. The highest BCUT2D eigenvalue weighted by molar-refractivity contribution is 7.39. The van der Waals surface area contributed by atoms with Crippen LogP contribution in [0.2, 0.25) is 0 Å². The quantitative estimate of drug-likeness (QED) is 0.625. The van der Waals surface area contributed by atoms with Gasteiger partial charge in [0, 0.05) is 5.16 Å². The van der Waals surface area contributed by atoms with Crippen LogP contribution in [0.25, 0.3) is 0 Å². The van der Waals surface area contributed by atoms with Gasteiger partial charge in [0.05, 0.1) is 0 Å². The first-order valence-corrected chi connectivity index (χ1v) is 4.59. The Kier molecular flexibility index (Phi) is 3.45. The molecule has 0 aromatic heterocycles. The molecule has 0 aliphatic heterocycles. The molecule has 0 bridgehead atoms. The summed E-state index contributed by atoms with van der Waals surface area (Å²) in [4.78, 5) is 8.76. The molecule has 0 saturated heterocycles. The molecule has 0 aromatic carbocycles. The van der Waals surface area contributed by atoms with E-state index in [1.165, 1.54) is 0 Å². The van der Waals surface area contributed by atoms with E-state index in [2.05, 4.69) is 0 Å². The Morgan fingerprint density at radius 1 is 1.56 bits per heavy atom. The molecule has 0 saturated carbocycles. The van der Waals surface area contributed by atoms with Crippen molar-refractivity contribution in [3.63, 3.8) is 0 Å². The van der Waals surface area contributed by atoms with E-state index in [1.54, 1.807) is 0 Å². The molecule has 0 amide bonds. The summed E-state index contributed by atoms with van der Waals surface area (Å²) in [6, 6.07) is 0. The molecule has 1 atom stereocenters. The maximum atomic E-state index is 10.6. The van der Waals surface area contributed by atoms with Gasteiger partial charge in [-0.25, -0.2) is 0 Å². The van der Waals surface area contributed by atoms with E-state index in [1.807, 2.05) is 20.8 Å². The highest BCUT2D eigenvalue weighted by Gasteiger charge is 2.21. The van der Waals surface area contributed by atoms with Gasteiger partial charge in [0.25, 0.3) is 0 Å². The van der Waals surface area contributed by atoms with Crippen LogP contribution in [0.5, 0.6) is 0 Å². The molecule has 9 heavy (non-hydrogen) atoms. The van der Waals surface area contributed by atoms with Crippen LogP contribution in [0.3, 0.4) is 0 Å². The van der Waals surface area contributed by atoms with E-state index in [0.717, 1.165) is 12.8 Å². The molecular weight excluding hydrogens is 135 g/mol. The first kappa shape index (κ1) is 9.19. The number of hydrogen-bond donors (Lipinski definition) is 1. The lowest BCUT2D eigenvalue weighted by atomic mass is 10.1. The molecule has 2 nitrogen and oxygen atoms in total. The zero-order chi connectivity index (χ0) is 7.49. The molecule has 0 aromatic rings. The summed E-state index contributed by atoms with van der Waals surface area (Å²) in [5, 5.41) is -0.348. The Bertz CT molecular complexity index is 110. The van der Waals surface area contributed by atoms with Crippen molar-refractivity contribution in [1.29, 1.82) is 0 Å². The van der Waals surface area contributed by atoms with Gasteiger partial charge < -0.3 is 4.89 Å². The van der Waals surface area contributed by atoms with Crippen molar-refractivity contribution in [2.24, 2.45) is 0 Å². The standard InChI is InChI=1S/C6H15O2P/c1-4-5-6(2,3)9(7)8/h9H,4-5H2,1-3H3,(H,7,8). The van der Waals surface area contributed by atoms with Crippen molar-refractivity contribution >= 4 is 8.03 Å². The average Bonchev–Trinajstić information content (AvgIpc) is 1.65. The minimum atomic E-state index is -2.32. The molecule has 0 radical (unpaired) electrons. The van der Waals surface area contributed by atoms with Crippen molar-refractivity contribution in [1.82, 2.24) is 0 Å². The second-order valence-corrected chi connectivity index (χ2v) is 4.90. The lowest BCUT2D eigenvalue weighted by molar-refractivity contribution is 0.451. The Morgan fingerprint density at radius 3 is 2.11 bits per heavy atom. The van der Waals surface area contributed by atoms with Gasteiger partial charge in [-0.2, -0.15) is 0 Å². The molecule has 56 valence electrons. The lowest BCUT2D eigenvalue weighted by Gasteiger charge is -2.18. The van der Waals surface area contributed by atoms with Crippen molar-refractivity contribution in [3.8, 4) is 0 Å². The van der Waals surface area contributed by atoms with Gasteiger partial charge in [-0.1, -0.05) is 27.2 Å². The van der Waals surface area contributed by atoms with E-state index >= 15 is 0 Å². The molecule has 0 fully saturated rings. The molecule has 0 aliphatic carbocycles. The number of hydrogen-bond acceptors (Lipinski definition) is 1. The van der Waals surface area contributed by atoms with Gasteiger partial charge in [0.2, 0.25) is 0 Å². The summed E-state index contributed by atoms with van der Waals surface area (Å²) >= 11 is 0. The predicted molar refractivity (Wildman–Crippen MR) is 40.2 cm³/mol.